The van der Waals surface area contributed by atoms with Crippen LogP contribution in [0.5, 0.6) is 5.75 Å². The van der Waals surface area contributed by atoms with Crippen molar-refractivity contribution in [3.63, 3.8) is 0 Å². The molecule has 0 atom stereocenters. The Morgan fingerprint density at radius 3 is 2.59 bits per heavy atom. The third kappa shape index (κ3) is 5.10. The molecule has 0 bridgehead atoms. The second kappa shape index (κ2) is 10.1. The number of benzene rings is 3. The molecule has 5 aromatic rings. The average Bonchev–Trinajstić information content (AvgIpc) is 3.41. The summed E-state index contributed by atoms with van der Waals surface area (Å²) in [7, 11) is 0. The zero-order valence-corrected chi connectivity index (χ0v) is 21.5. The highest BCUT2D eigenvalue weighted by Gasteiger charge is 2.14. The first kappa shape index (κ1) is 24.6. The summed E-state index contributed by atoms with van der Waals surface area (Å²) >= 11 is 12.2. The Bertz CT molecular complexity index is 1690. The zero-order valence-electron chi connectivity index (χ0n) is 20.0. The first-order valence-corrected chi connectivity index (χ1v) is 12.2. The van der Waals surface area contributed by atoms with E-state index in [1.54, 1.807) is 24.3 Å². The summed E-state index contributed by atoms with van der Waals surface area (Å²) in [6, 6.07) is 21.6. The molecule has 0 fully saturated rings. The van der Waals surface area contributed by atoms with E-state index in [0.717, 1.165) is 28.2 Å². The third-order valence-corrected chi connectivity index (χ3v) is 6.68. The van der Waals surface area contributed by atoms with Gasteiger partial charge in [-0.2, -0.15) is 5.26 Å². The monoisotopic (exact) mass is 530 g/mol. The number of fused-ring (bicyclic) bond motifs is 1. The predicted molar refractivity (Wildman–Crippen MR) is 146 cm³/mol. The Balaban J connectivity index is 1.39. The van der Waals surface area contributed by atoms with E-state index in [2.05, 4.69) is 20.6 Å². The molecule has 1 N–H and O–H groups in total. The number of ether oxygens (including phenoxy) is 1. The summed E-state index contributed by atoms with van der Waals surface area (Å²) in [5.41, 5.74) is 6.19. The smallest absolute Gasteiger partial charge is 0.149 e. The maximum absolute atomic E-state index is 13.6. The van der Waals surface area contributed by atoms with Crippen molar-refractivity contribution in [2.24, 2.45) is 0 Å². The van der Waals surface area contributed by atoms with Gasteiger partial charge >= 0.3 is 0 Å². The van der Waals surface area contributed by atoms with Crippen LogP contribution in [0, 0.1) is 31.0 Å². The SMILES string of the molecule is Cc1cc(/C=C(/C#N)c2nc3ccc(F)cc3[nH]2)c(C)n1-c1ccc(OCc2ccc(Cl)cc2Cl)cc1. The highest BCUT2D eigenvalue weighted by atomic mass is 35.5. The predicted octanol–water partition coefficient (Wildman–Crippen LogP) is 8.06. The van der Waals surface area contributed by atoms with Gasteiger partial charge in [0, 0.05) is 32.7 Å². The Morgan fingerprint density at radius 1 is 1.08 bits per heavy atom. The van der Waals surface area contributed by atoms with Gasteiger partial charge in [0.25, 0.3) is 0 Å². The van der Waals surface area contributed by atoms with Crippen molar-refractivity contribution in [1.29, 1.82) is 5.26 Å². The molecule has 5 rings (SSSR count). The lowest BCUT2D eigenvalue weighted by Gasteiger charge is -2.12. The molecule has 0 amide bonds. The van der Waals surface area contributed by atoms with Crippen molar-refractivity contribution in [1.82, 2.24) is 14.5 Å². The molecule has 5 nitrogen and oxygen atoms in total. The van der Waals surface area contributed by atoms with Crippen molar-refractivity contribution in [3.8, 4) is 17.5 Å². The number of aryl methyl sites for hydroxylation is 1. The fraction of sp³-hybridized carbons (Fsp3) is 0.103. The van der Waals surface area contributed by atoms with Crippen LogP contribution in [-0.2, 0) is 6.61 Å². The normalized spacial score (nSPS) is 11.6. The fourth-order valence-electron chi connectivity index (χ4n) is 4.24. The van der Waals surface area contributed by atoms with E-state index in [1.165, 1.54) is 12.1 Å². The number of aromatic amines is 1. The number of aromatic nitrogens is 3. The minimum atomic E-state index is -0.362. The van der Waals surface area contributed by atoms with Gasteiger partial charge in [-0.15, -0.1) is 0 Å². The van der Waals surface area contributed by atoms with Gasteiger partial charge in [0.05, 0.1) is 16.6 Å². The van der Waals surface area contributed by atoms with E-state index >= 15 is 0 Å². The fourth-order valence-corrected chi connectivity index (χ4v) is 4.70. The molecule has 0 radical (unpaired) electrons. The molecule has 8 heteroatoms. The Kier molecular flexibility index (Phi) is 6.75. The second-order valence-corrected chi connectivity index (χ2v) is 9.44. The van der Waals surface area contributed by atoms with Gasteiger partial charge in [-0.05, 0) is 86.2 Å². The summed E-state index contributed by atoms with van der Waals surface area (Å²) in [6.07, 6.45) is 1.79. The molecule has 0 spiro atoms. The Hall–Kier alpha value is -4.05. The number of allylic oxidation sites excluding steroid dienone is 1. The number of H-pyrrole nitrogens is 1. The van der Waals surface area contributed by atoms with E-state index in [4.69, 9.17) is 27.9 Å². The van der Waals surface area contributed by atoms with Crippen LogP contribution in [0.4, 0.5) is 4.39 Å². The van der Waals surface area contributed by atoms with Crippen LogP contribution in [0.1, 0.15) is 28.3 Å². The summed E-state index contributed by atoms with van der Waals surface area (Å²) in [5, 5.41) is 11.0. The molecule has 3 aromatic carbocycles. The molecule has 2 aromatic heterocycles. The van der Waals surface area contributed by atoms with Gasteiger partial charge < -0.3 is 14.3 Å². The van der Waals surface area contributed by atoms with Crippen LogP contribution >= 0.6 is 23.2 Å². The first-order valence-electron chi connectivity index (χ1n) is 11.5. The van der Waals surface area contributed by atoms with Crippen LogP contribution in [0.15, 0.2) is 66.7 Å². The molecule has 184 valence electrons. The van der Waals surface area contributed by atoms with Gasteiger partial charge in [0.2, 0.25) is 0 Å². The highest BCUT2D eigenvalue weighted by Crippen LogP contribution is 2.27. The standard InChI is InChI=1S/C29H21Cl2FN4O/c1-17-11-20(12-21(15-33)29-34-27-10-5-23(32)14-28(27)35-29)18(2)36(17)24-6-8-25(9-7-24)37-16-19-3-4-22(30)13-26(19)31/h3-14H,16H2,1-2H3,(H,34,35)/b21-12-. The number of hydrogen-bond acceptors (Lipinski definition) is 3. The van der Waals surface area contributed by atoms with Crippen molar-refractivity contribution >= 4 is 45.9 Å². The lowest BCUT2D eigenvalue weighted by Crippen LogP contribution is -2.00. The Morgan fingerprint density at radius 2 is 1.86 bits per heavy atom. The van der Waals surface area contributed by atoms with Gasteiger partial charge in [-0.1, -0.05) is 29.3 Å². The van der Waals surface area contributed by atoms with Crippen molar-refractivity contribution in [2.45, 2.75) is 20.5 Å². The quantitative estimate of drug-likeness (QED) is 0.226. The first-order chi connectivity index (χ1) is 17.8. The van der Waals surface area contributed by atoms with Crippen LogP contribution < -0.4 is 4.74 Å². The zero-order chi connectivity index (χ0) is 26.1. The van der Waals surface area contributed by atoms with Gasteiger partial charge in [-0.3, -0.25) is 0 Å². The van der Waals surface area contributed by atoms with Crippen LogP contribution in [0.3, 0.4) is 0 Å². The lowest BCUT2D eigenvalue weighted by atomic mass is 10.1. The maximum atomic E-state index is 13.6. The summed E-state index contributed by atoms with van der Waals surface area (Å²) in [6.45, 7) is 4.33. The van der Waals surface area contributed by atoms with Gasteiger partial charge in [0.1, 0.15) is 30.1 Å². The summed E-state index contributed by atoms with van der Waals surface area (Å²) in [4.78, 5) is 7.49. The molecular formula is C29H21Cl2FN4O. The van der Waals surface area contributed by atoms with Gasteiger partial charge in [0.15, 0.2) is 0 Å². The molecular weight excluding hydrogens is 510 g/mol. The average molecular weight is 531 g/mol. The van der Waals surface area contributed by atoms with Crippen LogP contribution in [0.2, 0.25) is 10.0 Å². The molecule has 0 saturated heterocycles. The van der Waals surface area contributed by atoms with Crippen molar-refractivity contribution in [2.75, 3.05) is 0 Å². The molecule has 0 aliphatic heterocycles. The highest BCUT2D eigenvalue weighted by molar-refractivity contribution is 6.35. The van der Waals surface area contributed by atoms with E-state index in [1.807, 2.05) is 50.2 Å². The summed E-state index contributed by atoms with van der Waals surface area (Å²) < 4.78 is 21.6. The van der Waals surface area contributed by atoms with E-state index in [-0.39, 0.29) is 5.82 Å². The number of nitriles is 1. The van der Waals surface area contributed by atoms with E-state index in [9.17, 15) is 9.65 Å². The molecule has 0 unspecified atom stereocenters. The largest absolute Gasteiger partial charge is 0.489 e. The number of hydrogen-bond donors (Lipinski definition) is 1. The molecule has 0 aliphatic rings. The number of rotatable bonds is 6. The van der Waals surface area contributed by atoms with Gasteiger partial charge in [-0.25, -0.2) is 9.37 Å². The van der Waals surface area contributed by atoms with Crippen LogP contribution in [-0.4, -0.2) is 14.5 Å². The minimum absolute atomic E-state index is 0.331. The summed E-state index contributed by atoms with van der Waals surface area (Å²) in [5.74, 6) is 0.750. The number of imidazole rings is 1. The Labute approximate surface area is 223 Å². The van der Waals surface area contributed by atoms with Crippen LogP contribution in [0.25, 0.3) is 28.4 Å². The van der Waals surface area contributed by atoms with Crippen molar-refractivity contribution in [3.05, 3.63) is 111 Å². The minimum Gasteiger partial charge on any atom is -0.489 e. The molecule has 0 aliphatic carbocycles. The maximum Gasteiger partial charge on any atom is 0.149 e. The number of nitrogens with zero attached hydrogens (tertiary/aromatic N) is 3. The molecule has 37 heavy (non-hydrogen) atoms. The lowest BCUT2D eigenvalue weighted by molar-refractivity contribution is 0.306. The van der Waals surface area contributed by atoms with E-state index < -0.39 is 0 Å². The third-order valence-electron chi connectivity index (χ3n) is 6.09. The number of nitrogens with one attached hydrogen (secondary N) is 1. The van der Waals surface area contributed by atoms with Crippen molar-refractivity contribution < 1.29 is 9.13 Å². The molecule has 2 heterocycles. The second-order valence-electron chi connectivity index (χ2n) is 8.60. The molecule has 0 saturated carbocycles. The van der Waals surface area contributed by atoms with E-state index in [0.29, 0.717) is 44.8 Å². The topological polar surface area (TPSA) is 66.6 Å². The number of halogens is 3.